The first-order valence-corrected chi connectivity index (χ1v) is 10.00. The third-order valence-electron chi connectivity index (χ3n) is 5.47. The van der Waals surface area contributed by atoms with Crippen LogP contribution in [0.2, 0.25) is 0 Å². The van der Waals surface area contributed by atoms with Gasteiger partial charge in [-0.3, -0.25) is 14.9 Å². The number of hydrogen-bond acceptors (Lipinski definition) is 3. The summed E-state index contributed by atoms with van der Waals surface area (Å²) in [5, 5.41) is 2.29. The molecule has 156 valence electrons. The Morgan fingerprint density at radius 1 is 0.871 bits per heavy atom. The molecule has 0 bridgehead atoms. The van der Waals surface area contributed by atoms with Crippen LogP contribution in [0.5, 0.6) is 0 Å². The van der Waals surface area contributed by atoms with Crippen LogP contribution in [-0.4, -0.2) is 22.4 Å². The van der Waals surface area contributed by atoms with E-state index in [2.05, 4.69) is 5.32 Å². The van der Waals surface area contributed by atoms with Gasteiger partial charge in [-0.1, -0.05) is 18.2 Å². The van der Waals surface area contributed by atoms with Crippen LogP contribution in [0.25, 0.3) is 11.8 Å². The van der Waals surface area contributed by atoms with Crippen LogP contribution >= 0.6 is 0 Å². The predicted octanol–water partition coefficient (Wildman–Crippen LogP) is 4.38. The maximum atomic E-state index is 13.2. The van der Waals surface area contributed by atoms with Gasteiger partial charge in [0, 0.05) is 17.6 Å². The number of carbonyl (C=O) groups excluding carboxylic acids is 3. The zero-order chi connectivity index (χ0) is 22.3. The highest BCUT2D eigenvalue weighted by Gasteiger charge is 2.37. The number of barbiturate groups is 1. The molecule has 2 heterocycles. The predicted molar refractivity (Wildman–Crippen MR) is 120 cm³/mol. The summed E-state index contributed by atoms with van der Waals surface area (Å²) >= 11 is 0. The van der Waals surface area contributed by atoms with Crippen molar-refractivity contribution in [1.82, 2.24) is 9.88 Å². The van der Waals surface area contributed by atoms with Crippen LogP contribution in [0.15, 0.2) is 60.3 Å². The highest BCUT2D eigenvalue weighted by atomic mass is 16.2. The van der Waals surface area contributed by atoms with Crippen molar-refractivity contribution >= 4 is 29.6 Å². The molecule has 31 heavy (non-hydrogen) atoms. The minimum atomic E-state index is -0.748. The van der Waals surface area contributed by atoms with Gasteiger partial charge >= 0.3 is 6.03 Å². The molecule has 4 rings (SSSR count). The molecule has 0 saturated carbocycles. The highest BCUT2D eigenvalue weighted by molar-refractivity contribution is 6.39. The van der Waals surface area contributed by atoms with Gasteiger partial charge in [-0.15, -0.1) is 0 Å². The molecule has 0 atom stereocenters. The van der Waals surface area contributed by atoms with Gasteiger partial charge in [0.25, 0.3) is 11.8 Å². The fraction of sp³-hybridized carbons (Fsp3) is 0.160. The van der Waals surface area contributed by atoms with Crippen LogP contribution in [0.3, 0.4) is 0 Å². The molecule has 6 nitrogen and oxygen atoms in total. The van der Waals surface area contributed by atoms with Crippen molar-refractivity contribution in [3.8, 4) is 5.69 Å². The molecule has 1 fully saturated rings. The van der Waals surface area contributed by atoms with E-state index in [-0.39, 0.29) is 5.57 Å². The maximum absolute atomic E-state index is 13.2. The summed E-state index contributed by atoms with van der Waals surface area (Å²) in [4.78, 5) is 39.3. The summed E-state index contributed by atoms with van der Waals surface area (Å²) in [7, 11) is 0. The van der Waals surface area contributed by atoms with E-state index in [4.69, 9.17) is 0 Å². The second-order valence-corrected chi connectivity index (χ2v) is 7.83. The number of aromatic nitrogens is 1. The number of imide groups is 2. The normalized spacial score (nSPS) is 15.5. The lowest BCUT2D eigenvalue weighted by molar-refractivity contribution is -0.122. The second-order valence-electron chi connectivity index (χ2n) is 7.83. The Kier molecular flexibility index (Phi) is 5.07. The molecule has 4 amide bonds. The van der Waals surface area contributed by atoms with Crippen LogP contribution in [-0.2, 0) is 9.59 Å². The van der Waals surface area contributed by atoms with Gasteiger partial charge in [0.2, 0.25) is 0 Å². The number of hydrogen-bond donors (Lipinski definition) is 1. The average Bonchev–Trinajstić information content (AvgIpc) is 3.14. The van der Waals surface area contributed by atoms with E-state index in [0.717, 1.165) is 32.8 Å². The van der Waals surface area contributed by atoms with Crippen molar-refractivity contribution in [3.05, 3.63) is 88.2 Å². The number of carbonyl (C=O) groups is 3. The minimum Gasteiger partial charge on any atom is -0.317 e. The van der Waals surface area contributed by atoms with Gasteiger partial charge in [-0.05, 0) is 86.4 Å². The molecule has 1 aliphatic rings. The van der Waals surface area contributed by atoms with E-state index in [1.807, 2.05) is 74.9 Å². The van der Waals surface area contributed by atoms with Crippen molar-refractivity contribution in [1.29, 1.82) is 0 Å². The fourth-order valence-corrected chi connectivity index (χ4v) is 3.85. The first-order chi connectivity index (χ1) is 14.8. The van der Waals surface area contributed by atoms with E-state index < -0.39 is 17.8 Å². The minimum absolute atomic E-state index is 0.0935. The van der Waals surface area contributed by atoms with Gasteiger partial charge in [-0.2, -0.15) is 0 Å². The number of anilines is 1. The van der Waals surface area contributed by atoms with Gasteiger partial charge < -0.3 is 4.57 Å². The summed E-state index contributed by atoms with van der Waals surface area (Å²) < 4.78 is 1.92. The number of urea groups is 1. The molecule has 1 aliphatic heterocycles. The Morgan fingerprint density at radius 2 is 1.58 bits per heavy atom. The monoisotopic (exact) mass is 413 g/mol. The number of amides is 4. The quantitative estimate of drug-likeness (QED) is 0.512. The number of nitrogens with one attached hydrogen (secondary N) is 1. The SMILES string of the molecule is Cc1cc(C)cc(N2C(=O)NC(=O)/C(=C\c3cccn3-c3cccc(C)c3C)C2=O)c1. The summed E-state index contributed by atoms with van der Waals surface area (Å²) in [5.74, 6) is -1.35. The molecular weight excluding hydrogens is 390 g/mol. The lowest BCUT2D eigenvalue weighted by Gasteiger charge is -2.27. The molecule has 0 radical (unpaired) electrons. The highest BCUT2D eigenvalue weighted by Crippen LogP contribution is 2.26. The maximum Gasteiger partial charge on any atom is 0.335 e. The first-order valence-electron chi connectivity index (χ1n) is 10.00. The van der Waals surface area contributed by atoms with Crippen LogP contribution in [0.4, 0.5) is 10.5 Å². The Balaban J connectivity index is 1.79. The number of benzene rings is 2. The topological polar surface area (TPSA) is 71.4 Å². The molecule has 2 aromatic carbocycles. The molecule has 0 spiro atoms. The van der Waals surface area contributed by atoms with Crippen LogP contribution < -0.4 is 10.2 Å². The molecule has 1 N–H and O–H groups in total. The summed E-state index contributed by atoms with van der Waals surface area (Å²) in [6.45, 7) is 7.84. The van der Waals surface area contributed by atoms with E-state index in [0.29, 0.717) is 11.4 Å². The average molecular weight is 413 g/mol. The van der Waals surface area contributed by atoms with Gasteiger partial charge in [0.1, 0.15) is 5.57 Å². The van der Waals surface area contributed by atoms with Crippen molar-refractivity contribution < 1.29 is 14.4 Å². The lowest BCUT2D eigenvalue weighted by Crippen LogP contribution is -2.54. The standard InChI is InChI=1S/C25H23N3O3/c1-15-11-16(2)13-20(12-15)28-24(30)21(23(29)26-25(28)31)14-19-8-6-10-27(19)22-9-5-7-17(3)18(22)4/h5-14H,1-4H3,(H,26,29,31)/b21-14+. The zero-order valence-electron chi connectivity index (χ0n) is 17.9. The number of aryl methyl sites for hydroxylation is 3. The molecule has 6 heteroatoms. The van der Waals surface area contributed by atoms with Crippen LogP contribution in [0.1, 0.15) is 27.9 Å². The molecule has 0 aliphatic carbocycles. The fourth-order valence-electron chi connectivity index (χ4n) is 3.85. The van der Waals surface area contributed by atoms with Crippen molar-refractivity contribution in [2.75, 3.05) is 4.90 Å². The zero-order valence-corrected chi connectivity index (χ0v) is 17.9. The number of rotatable bonds is 3. The molecule has 0 unspecified atom stereocenters. The first kappa shape index (κ1) is 20.3. The van der Waals surface area contributed by atoms with Gasteiger partial charge in [-0.25, -0.2) is 9.69 Å². The lowest BCUT2D eigenvalue weighted by atomic mass is 10.1. The van der Waals surface area contributed by atoms with Crippen molar-refractivity contribution in [2.24, 2.45) is 0 Å². The van der Waals surface area contributed by atoms with Crippen molar-refractivity contribution in [2.45, 2.75) is 27.7 Å². The summed E-state index contributed by atoms with van der Waals surface area (Å²) in [6.07, 6.45) is 3.41. The largest absolute Gasteiger partial charge is 0.335 e. The number of nitrogens with zero attached hydrogens (tertiary/aromatic N) is 2. The third kappa shape index (κ3) is 3.68. The van der Waals surface area contributed by atoms with E-state index >= 15 is 0 Å². The smallest absolute Gasteiger partial charge is 0.317 e. The van der Waals surface area contributed by atoms with Gasteiger partial charge in [0.05, 0.1) is 5.69 Å². The second kappa shape index (κ2) is 7.72. The van der Waals surface area contributed by atoms with Crippen LogP contribution in [0, 0.1) is 27.7 Å². The Bertz CT molecular complexity index is 1250. The summed E-state index contributed by atoms with van der Waals surface area (Å²) in [5.41, 5.74) is 6.05. The molecule has 1 aromatic heterocycles. The Hall–Kier alpha value is -3.93. The Labute approximate surface area is 180 Å². The Morgan fingerprint density at radius 3 is 2.29 bits per heavy atom. The molecule has 3 aromatic rings. The summed E-state index contributed by atoms with van der Waals surface area (Å²) in [6, 6.07) is 14.4. The van der Waals surface area contributed by atoms with E-state index in [1.54, 1.807) is 12.1 Å². The molecule has 1 saturated heterocycles. The molecular formula is C25H23N3O3. The van der Waals surface area contributed by atoms with Gasteiger partial charge in [0.15, 0.2) is 0 Å². The van der Waals surface area contributed by atoms with E-state index in [1.165, 1.54) is 6.08 Å². The van der Waals surface area contributed by atoms with E-state index in [9.17, 15) is 14.4 Å². The third-order valence-corrected chi connectivity index (χ3v) is 5.47. The van der Waals surface area contributed by atoms with Crippen molar-refractivity contribution in [3.63, 3.8) is 0 Å².